The molecule has 0 radical (unpaired) electrons. The molecular weight excluding hydrogens is 238 g/mol. The van der Waals surface area contributed by atoms with Gasteiger partial charge < -0.3 is 15.6 Å². The van der Waals surface area contributed by atoms with Gasteiger partial charge in [-0.15, -0.1) is 0 Å². The zero-order chi connectivity index (χ0) is 14.4. The van der Waals surface area contributed by atoms with Crippen LogP contribution in [-0.4, -0.2) is 30.5 Å². The molecule has 0 unspecified atom stereocenters. The van der Waals surface area contributed by atoms with Gasteiger partial charge in [0, 0.05) is 25.2 Å². The number of ether oxygens (including phenoxy) is 1. The summed E-state index contributed by atoms with van der Waals surface area (Å²) in [4.78, 5) is 0. The van der Waals surface area contributed by atoms with Gasteiger partial charge >= 0.3 is 0 Å². The van der Waals surface area contributed by atoms with Gasteiger partial charge in [-0.3, -0.25) is 0 Å². The quantitative estimate of drug-likeness (QED) is 0.810. The van der Waals surface area contributed by atoms with Gasteiger partial charge in [-0.05, 0) is 42.9 Å². The third-order valence-corrected chi connectivity index (χ3v) is 5.33. The summed E-state index contributed by atoms with van der Waals surface area (Å²) in [6, 6.07) is 0. The van der Waals surface area contributed by atoms with Crippen molar-refractivity contribution in [1.29, 1.82) is 0 Å². The van der Waals surface area contributed by atoms with Gasteiger partial charge in [0.25, 0.3) is 0 Å². The van der Waals surface area contributed by atoms with E-state index in [9.17, 15) is 5.11 Å². The van der Waals surface area contributed by atoms with Crippen LogP contribution < -0.4 is 5.73 Å². The van der Waals surface area contributed by atoms with E-state index in [0.29, 0.717) is 6.54 Å². The fraction of sp³-hybridized carbons (Fsp3) is 1.00. The highest BCUT2D eigenvalue weighted by atomic mass is 16.5. The fourth-order valence-electron chi connectivity index (χ4n) is 5.06. The van der Waals surface area contributed by atoms with Crippen LogP contribution >= 0.6 is 0 Å². The summed E-state index contributed by atoms with van der Waals surface area (Å²) in [5.41, 5.74) is 5.68. The zero-order valence-electron chi connectivity index (χ0n) is 13.1. The molecule has 1 aliphatic heterocycles. The van der Waals surface area contributed by atoms with Crippen molar-refractivity contribution in [1.82, 2.24) is 0 Å². The van der Waals surface area contributed by atoms with Gasteiger partial charge in [0.05, 0.1) is 5.60 Å². The minimum Gasteiger partial charge on any atom is -0.389 e. The Bertz CT molecular complexity index is 314. The maximum atomic E-state index is 11.5. The number of nitrogens with two attached hydrogens (primary N) is 1. The Balaban J connectivity index is 2.33. The second-order valence-electron chi connectivity index (χ2n) is 8.49. The molecule has 0 aromatic rings. The van der Waals surface area contributed by atoms with E-state index >= 15 is 0 Å². The Morgan fingerprint density at radius 3 is 1.84 bits per heavy atom. The van der Waals surface area contributed by atoms with Crippen LogP contribution in [0, 0.1) is 16.2 Å². The second kappa shape index (κ2) is 4.71. The van der Waals surface area contributed by atoms with Crippen LogP contribution in [0.5, 0.6) is 0 Å². The Morgan fingerprint density at radius 1 is 0.947 bits per heavy atom. The van der Waals surface area contributed by atoms with E-state index < -0.39 is 5.60 Å². The summed E-state index contributed by atoms with van der Waals surface area (Å²) in [6.45, 7) is 11.2. The van der Waals surface area contributed by atoms with E-state index in [1.807, 2.05) is 0 Å². The number of hydrogen-bond acceptors (Lipinski definition) is 3. The number of hydrogen-bond donors (Lipinski definition) is 2. The van der Waals surface area contributed by atoms with E-state index in [2.05, 4.69) is 27.7 Å². The lowest BCUT2D eigenvalue weighted by Gasteiger charge is -2.58. The van der Waals surface area contributed by atoms with Crippen molar-refractivity contribution in [2.75, 3.05) is 19.8 Å². The number of aliphatic hydroxyl groups is 1. The first-order valence-electron chi connectivity index (χ1n) is 7.64. The molecule has 0 spiro atoms. The van der Waals surface area contributed by atoms with Crippen LogP contribution in [0.15, 0.2) is 0 Å². The minimum absolute atomic E-state index is 0.153. The van der Waals surface area contributed by atoms with Crippen molar-refractivity contribution < 1.29 is 9.84 Å². The van der Waals surface area contributed by atoms with Crippen molar-refractivity contribution in [2.24, 2.45) is 22.0 Å². The maximum absolute atomic E-state index is 11.5. The Labute approximate surface area is 117 Å². The molecule has 1 aliphatic carbocycles. The average Bonchev–Trinajstić information content (AvgIpc) is 2.25. The Hall–Kier alpha value is -0.120. The highest BCUT2D eigenvalue weighted by Crippen LogP contribution is 2.57. The molecule has 1 saturated carbocycles. The molecule has 0 aromatic carbocycles. The Kier molecular flexibility index (Phi) is 3.79. The summed E-state index contributed by atoms with van der Waals surface area (Å²) in [5, 5.41) is 11.5. The van der Waals surface area contributed by atoms with Crippen LogP contribution in [-0.2, 0) is 4.74 Å². The maximum Gasteiger partial charge on any atom is 0.0727 e. The van der Waals surface area contributed by atoms with Gasteiger partial charge in [-0.25, -0.2) is 0 Å². The third kappa shape index (κ3) is 2.84. The van der Waals surface area contributed by atoms with Crippen LogP contribution in [0.25, 0.3) is 0 Å². The van der Waals surface area contributed by atoms with E-state index in [1.54, 1.807) is 0 Å². The third-order valence-electron chi connectivity index (χ3n) is 5.33. The van der Waals surface area contributed by atoms with Crippen LogP contribution in [0.4, 0.5) is 0 Å². The van der Waals surface area contributed by atoms with Gasteiger partial charge in [0.2, 0.25) is 0 Å². The lowest BCUT2D eigenvalue weighted by molar-refractivity contribution is -0.187. The standard InChI is InChI=1S/C16H31NO2/c1-13(2)9-14(3,4)11-16(18,10-13)15(12-17)5-7-19-8-6-15/h18H,5-12,17H2,1-4H3. The first-order valence-corrected chi connectivity index (χ1v) is 7.64. The van der Waals surface area contributed by atoms with E-state index in [-0.39, 0.29) is 16.2 Å². The molecular formula is C16H31NO2. The smallest absolute Gasteiger partial charge is 0.0727 e. The SMILES string of the molecule is CC1(C)CC(C)(C)CC(O)(C2(CN)CCOCC2)C1. The Morgan fingerprint density at radius 2 is 1.42 bits per heavy atom. The van der Waals surface area contributed by atoms with Crippen molar-refractivity contribution in [3.63, 3.8) is 0 Å². The van der Waals surface area contributed by atoms with Crippen molar-refractivity contribution in [3.8, 4) is 0 Å². The molecule has 3 N–H and O–H groups in total. The highest BCUT2D eigenvalue weighted by Gasteiger charge is 2.57. The average molecular weight is 269 g/mol. The highest BCUT2D eigenvalue weighted by molar-refractivity contribution is 5.08. The monoisotopic (exact) mass is 269 g/mol. The molecule has 1 saturated heterocycles. The van der Waals surface area contributed by atoms with Crippen molar-refractivity contribution >= 4 is 0 Å². The topological polar surface area (TPSA) is 55.5 Å². The molecule has 0 aromatic heterocycles. The van der Waals surface area contributed by atoms with Gasteiger partial charge in [0.1, 0.15) is 0 Å². The van der Waals surface area contributed by atoms with Gasteiger partial charge in [-0.2, -0.15) is 0 Å². The predicted molar refractivity (Wildman–Crippen MR) is 77.9 cm³/mol. The molecule has 2 rings (SSSR count). The van der Waals surface area contributed by atoms with Crippen molar-refractivity contribution in [2.45, 2.75) is 65.4 Å². The number of rotatable bonds is 2. The predicted octanol–water partition coefficient (Wildman–Crippen LogP) is 2.71. The summed E-state index contributed by atoms with van der Waals surface area (Å²) in [5.74, 6) is 0. The normalized spacial score (nSPS) is 31.9. The first kappa shape index (κ1) is 15.3. The van der Waals surface area contributed by atoms with Crippen LogP contribution in [0.2, 0.25) is 0 Å². The molecule has 0 atom stereocenters. The van der Waals surface area contributed by atoms with Crippen LogP contribution in [0.3, 0.4) is 0 Å². The fourth-order valence-corrected chi connectivity index (χ4v) is 5.06. The molecule has 0 bridgehead atoms. The zero-order valence-corrected chi connectivity index (χ0v) is 13.1. The first-order chi connectivity index (χ1) is 8.64. The van der Waals surface area contributed by atoms with E-state index in [4.69, 9.17) is 10.5 Å². The van der Waals surface area contributed by atoms with E-state index in [0.717, 1.165) is 38.9 Å². The van der Waals surface area contributed by atoms with Crippen LogP contribution in [0.1, 0.15) is 59.8 Å². The van der Waals surface area contributed by atoms with Gasteiger partial charge in [-0.1, -0.05) is 27.7 Å². The molecule has 19 heavy (non-hydrogen) atoms. The largest absolute Gasteiger partial charge is 0.389 e. The lowest BCUT2D eigenvalue weighted by atomic mass is 9.51. The lowest BCUT2D eigenvalue weighted by Crippen LogP contribution is -2.60. The summed E-state index contributed by atoms with van der Waals surface area (Å²) in [7, 11) is 0. The minimum atomic E-state index is -0.642. The molecule has 112 valence electrons. The molecule has 2 aliphatic rings. The molecule has 2 fully saturated rings. The van der Waals surface area contributed by atoms with E-state index in [1.165, 1.54) is 6.42 Å². The molecule has 3 nitrogen and oxygen atoms in total. The molecule has 0 amide bonds. The van der Waals surface area contributed by atoms with Gasteiger partial charge in [0.15, 0.2) is 0 Å². The summed E-state index contributed by atoms with van der Waals surface area (Å²) in [6.07, 6.45) is 4.68. The summed E-state index contributed by atoms with van der Waals surface area (Å²) < 4.78 is 5.50. The molecule has 1 heterocycles. The summed E-state index contributed by atoms with van der Waals surface area (Å²) >= 11 is 0. The second-order valence-corrected chi connectivity index (χ2v) is 8.49. The van der Waals surface area contributed by atoms with Crippen molar-refractivity contribution in [3.05, 3.63) is 0 Å². The molecule has 3 heteroatoms.